The van der Waals surface area contributed by atoms with Gasteiger partial charge in [0.05, 0.1) is 0 Å². The Labute approximate surface area is 102 Å². The van der Waals surface area contributed by atoms with Gasteiger partial charge in [-0.05, 0) is 18.1 Å². The van der Waals surface area contributed by atoms with Crippen LogP contribution in [-0.4, -0.2) is 34.6 Å². The molecule has 1 aliphatic heterocycles. The van der Waals surface area contributed by atoms with Crippen molar-refractivity contribution in [3.05, 3.63) is 29.8 Å². The average molecular weight is 249 g/mol. The Morgan fingerprint density at radius 1 is 1.11 bits per heavy atom. The summed E-state index contributed by atoms with van der Waals surface area (Å²) in [5, 5.41) is 17.6. The van der Waals surface area contributed by atoms with E-state index in [2.05, 4.69) is 0 Å². The number of benzene rings is 1. The molecular weight excluding hydrogens is 238 g/mol. The molecule has 1 aromatic carbocycles. The molecule has 6 heteroatoms. The van der Waals surface area contributed by atoms with E-state index >= 15 is 0 Å². The number of nitrogens with zero attached hydrogens (tertiary/aromatic N) is 1. The number of carbonyl (C=O) groups is 3. The first-order chi connectivity index (χ1) is 8.52. The topological polar surface area (TPSA) is 94.9 Å². The van der Waals surface area contributed by atoms with Crippen LogP contribution in [0.2, 0.25) is 0 Å². The summed E-state index contributed by atoms with van der Waals surface area (Å²) in [6.07, 6.45) is 0.605. The number of amides is 1. The molecule has 0 fully saturated rings. The summed E-state index contributed by atoms with van der Waals surface area (Å²) in [4.78, 5) is 34.8. The second kappa shape index (κ2) is 4.48. The zero-order valence-electron chi connectivity index (χ0n) is 9.37. The van der Waals surface area contributed by atoms with Crippen LogP contribution >= 0.6 is 0 Å². The van der Waals surface area contributed by atoms with Gasteiger partial charge in [0.1, 0.15) is 0 Å². The fraction of sp³-hybridized carbons (Fsp3) is 0.250. The predicted molar refractivity (Wildman–Crippen MR) is 61.3 cm³/mol. The minimum Gasteiger partial charge on any atom is -0.480 e. The lowest BCUT2D eigenvalue weighted by molar-refractivity contribution is -0.157. The van der Waals surface area contributed by atoms with E-state index in [9.17, 15) is 14.4 Å². The number of carbonyl (C=O) groups excluding carboxylic acids is 1. The van der Waals surface area contributed by atoms with Crippen LogP contribution in [-0.2, 0) is 20.8 Å². The highest BCUT2D eigenvalue weighted by Crippen LogP contribution is 2.28. The highest BCUT2D eigenvalue weighted by molar-refractivity contribution is 6.18. The molecule has 0 spiro atoms. The Morgan fingerprint density at radius 2 is 1.72 bits per heavy atom. The molecule has 0 aliphatic carbocycles. The molecule has 6 nitrogen and oxygen atoms in total. The van der Waals surface area contributed by atoms with Gasteiger partial charge in [0, 0.05) is 12.2 Å². The van der Waals surface area contributed by atoms with Gasteiger partial charge in [-0.25, -0.2) is 0 Å². The maximum atomic E-state index is 12.0. The number of anilines is 1. The molecule has 0 saturated carbocycles. The summed E-state index contributed by atoms with van der Waals surface area (Å²) in [5.41, 5.74) is 1.51. The molecule has 2 rings (SSSR count). The SMILES string of the molecule is O=C(O)C(C(=O)O)C(=O)N1CCc2ccccc21. The van der Waals surface area contributed by atoms with Crippen molar-refractivity contribution in [3.8, 4) is 0 Å². The van der Waals surface area contributed by atoms with Gasteiger partial charge in [0.25, 0.3) is 5.91 Å². The summed E-state index contributed by atoms with van der Waals surface area (Å²) in [7, 11) is 0. The number of hydrogen-bond acceptors (Lipinski definition) is 3. The average Bonchev–Trinajstić information content (AvgIpc) is 2.71. The molecule has 0 aromatic heterocycles. The zero-order valence-corrected chi connectivity index (χ0v) is 9.37. The van der Waals surface area contributed by atoms with Crippen LogP contribution in [0.1, 0.15) is 5.56 Å². The van der Waals surface area contributed by atoms with Gasteiger partial charge in [0.2, 0.25) is 5.92 Å². The van der Waals surface area contributed by atoms with Gasteiger partial charge < -0.3 is 15.1 Å². The maximum Gasteiger partial charge on any atom is 0.327 e. The van der Waals surface area contributed by atoms with Gasteiger partial charge in [-0.3, -0.25) is 14.4 Å². The maximum absolute atomic E-state index is 12.0. The minimum absolute atomic E-state index is 0.315. The monoisotopic (exact) mass is 249 g/mol. The molecule has 2 N–H and O–H groups in total. The Morgan fingerprint density at radius 3 is 2.33 bits per heavy atom. The molecule has 94 valence electrons. The van der Waals surface area contributed by atoms with Crippen molar-refractivity contribution in [1.82, 2.24) is 0 Å². The van der Waals surface area contributed by atoms with Crippen LogP contribution in [0, 0.1) is 5.92 Å². The second-order valence-corrected chi connectivity index (χ2v) is 3.98. The predicted octanol–water partition coefficient (Wildman–Crippen LogP) is 0.361. The van der Waals surface area contributed by atoms with Crippen molar-refractivity contribution in [2.75, 3.05) is 11.4 Å². The standard InChI is InChI=1S/C12H11NO5/c14-10(9(11(15)16)12(17)18)13-6-5-7-3-1-2-4-8(7)13/h1-4,9H,5-6H2,(H,15,16)(H,17,18). The zero-order chi connectivity index (χ0) is 13.3. The molecule has 18 heavy (non-hydrogen) atoms. The molecule has 0 saturated heterocycles. The van der Waals surface area contributed by atoms with Gasteiger partial charge in [-0.15, -0.1) is 0 Å². The summed E-state index contributed by atoms with van der Waals surface area (Å²) in [5.74, 6) is -6.23. The lowest BCUT2D eigenvalue weighted by Crippen LogP contribution is -2.42. The largest absolute Gasteiger partial charge is 0.480 e. The summed E-state index contributed by atoms with van der Waals surface area (Å²) in [6, 6.07) is 7.06. The first-order valence-electron chi connectivity index (χ1n) is 5.37. The summed E-state index contributed by atoms with van der Waals surface area (Å²) < 4.78 is 0. The van der Waals surface area contributed by atoms with E-state index in [1.807, 2.05) is 12.1 Å². The molecule has 0 radical (unpaired) electrons. The lowest BCUT2D eigenvalue weighted by Gasteiger charge is -2.19. The van der Waals surface area contributed by atoms with Gasteiger partial charge >= 0.3 is 11.9 Å². The van der Waals surface area contributed by atoms with Crippen LogP contribution < -0.4 is 4.90 Å². The molecule has 0 unspecified atom stereocenters. The van der Waals surface area contributed by atoms with Gasteiger partial charge in [-0.1, -0.05) is 18.2 Å². The molecule has 0 atom stereocenters. The second-order valence-electron chi connectivity index (χ2n) is 3.98. The summed E-state index contributed by atoms with van der Waals surface area (Å²) in [6.45, 7) is 0.315. The van der Waals surface area contributed by atoms with E-state index in [4.69, 9.17) is 10.2 Å². The third-order valence-corrected chi connectivity index (χ3v) is 2.89. The third kappa shape index (κ3) is 1.92. The third-order valence-electron chi connectivity index (χ3n) is 2.89. The fourth-order valence-electron chi connectivity index (χ4n) is 2.04. The van der Waals surface area contributed by atoms with Crippen LogP contribution in [0.4, 0.5) is 5.69 Å². The van der Waals surface area contributed by atoms with Crippen molar-refractivity contribution in [2.24, 2.45) is 5.92 Å². The normalized spacial score (nSPS) is 13.5. The molecule has 1 aliphatic rings. The molecule has 0 bridgehead atoms. The van der Waals surface area contributed by atoms with E-state index in [0.717, 1.165) is 5.56 Å². The Balaban J connectivity index is 2.31. The number of hydrogen-bond donors (Lipinski definition) is 2. The number of carboxylic acids is 2. The van der Waals surface area contributed by atoms with Crippen molar-refractivity contribution in [1.29, 1.82) is 0 Å². The van der Waals surface area contributed by atoms with Crippen molar-refractivity contribution < 1.29 is 24.6 Å². The van der Waals surface area contributed by atoms with Crippen LogP contribution in [0.5, 0.6) is 0 Å². The number of para-hydroxylation sites is 1. The first kappa shape index (κ1) is 12.1. The van der Waals surface area contributed by atoms with E-state index in [0.29, 0.717) is 18.7 Å². The van der Waals surface area contributed by atoms with E-state index < -0.39 is 23.8 Å². The molecule has 1 heterocycles. The van der Waals surface area contributed by atoms with Crippen LogP contribution in [0.3, 0.4) is 0 Å². The fourth-order valence-corrected chi connectivity index (χ4v) is 2.04. The number of aliphatic carboxylic acids is 2. The van der Waals surface area contributed by atoms with Crippen molar-refractivity contribution in [3.63, 3.8) is 0 Å². The van der Waals surface area contributed by atoms with Crippen molar-refractivity contribution in [2.45, 2.75) is 6.42 Å². The van der Waals surface area contributed by atoms with E-state index in [1.165, 1.54) is 4.90 Å². The number of carboxylic acid groups (broad SMARTS) is 2. The van der Waals surface area contributed by atoms with Crippen LogP contribution in [0.15, 0.2) is 24.3 Å². The minimum atomic E-state index is -2.05. The Bertz CT molecular complexity index is 511. The van der Waals surface area contributed by atoms with Gasteiger partial charge in [-0.2, -0.15) is 0 Å². The molecule has 1 amide bonds. The summed E-state index contributed by atoms with van der Waals surface area (Å²) >= 11 is 0. The van der Waals surface area contributed by atoms with Crippen LogP contribution in [0.25, 0.3) is 0 Å². The van der Waals surface area contributed by atoms with Crippen molar-refractivity contribution >= 4 is 23.5 Å². The van der Waals surface area contributed by atoms with Gasteiger partial charge in [0.15, 0.2) is 0 Å². The number of rotatable bonds is 3. The first-order valence-corrected chi connectivity index (χ1v) is 5.37. The highest BCUT2D eigenvalue weighted by atomic mass is 16.4. The smallest absolute Gasteiger partial charge is 0.327 e. The number of fused-ring (bicyclic) bond motifs is 1. The quantitative estimate of drug-likeness (QED) is 0.754. The Kier molecular flexibility index (Phi) is 3.01. The molecule has 1 aromatic rings. The van der Waals surface area contributed by atoms with E-state index in [-0.39, 0.29) is 0 Å². The lowest BCUT2D eigenvalue weighted by atomic mass is 10.1. The Hall–Kier alpha value is -2.37. The van der Waals surface area contributed by atoms with E-state index in [1.54, 1.807) is 12.1 Å². The molecular formula is C12H11NO5. The highest BCUT2D eigenvalue weighted by Gasteiger charge is 2.39.